The molecule has 0 atom stereocenters. The molecule has 1 aromatic carbocycles. The van der Waals surface area contributed by atoms with Crippen molar-refractivity contribution in [1.29, 1.82) is 0 Å². The van der Waals surface area contributed by atoms with Crippen molar-refractivity contribution in [3.8, 4) is 0 Å². The lowest BCUT2D eigenvalue weighted by Gasteiger charge is -2.33. The first-order chi connectivity index (χ1) is 10.6. The highest BCUT2D eigenvalue weighted by molar-refractivity contribution is 5.83. The molecule has 1 fully saturated rings. The second-order valence-corrected chi connectivity index (χ2v) is 6.13. The Morgan fingerprint density at radius 1 is 1.41 bits per heavy atom. The number of aromatic nitrogens is 1. The normalized spacial score (nSPS) is 17.7. The summed E-state index contributed by atoms with van der Waals surface area (Å²) in [7, 11) is 0. The molecular formula is C17H22N2O3. The number of nitrogens with one attached hydrogen (secondary N) is 2. The zero-order valence-electron chi connectivity index (χ0n) is 12.8. The lowest BCUT2D eigenvalue weighted by Crippen LogP contribution is -2.44. The fourth-order valence-electron chi connectivity index (χ4n) is 3.12. The van der Waals surface area contributed by atoms with Gasteiger partial charge in [-0.15, -0.1) is 0 Å². The van der Waals surface area contributed by atoms with Gasteiger partial charge in [-0.1, -0.05) is 12.1 Å². The van der Waals surface area contributed by atoms with Gasteiger partial charge in [-0.3, -0.25) is 4.79 Å². The van der Waals surface area contributed by atoms with Crippen LogP contribution in [0.5, 0.6) is 0 Å². The molecule has 0 saturated carbocycles. The Morgan fingerprint density at radius 3 is 2.86 bits per heavy atom. The van der Waals surface area contributed by atoms with Gasteiger partial charge in [0.15, 0.2) is 0 Å². The van der Waals surface area contributed by atoms with Gasteiger partial charge in [0.2, 0.25) is 0 Å². The molecule has 0 amide bonds. The summed E-state index contributed by atoms with van der Waals surface area (Å²) in [6, 6.07) is 8.32. The molecule has 1 aliphatic heterocycles. The average Bonchev–Trinajstić information content (AvgIpc) is 2.92. The van der Waals surface area contributed by atoms with Crippen molar-refractivity contribution in [1.82, 2.24) is 10.3 Å². The number of hydrogen-bond donors (Lipinski definition) is 3. The molecular weight excluding hydrogens is 280 g/mol. The van der Waals surface area contributed by atoms with Crippen LogP contribution in [0.3, 0.4) is 0 Å². The second kappa shape index (κ2) is 6.10. The third-order valence-corrected chi connectivity index (χ3v) is 4.62. The molecule has 5 nitrogen and oxygen atoms in total. The lowest BCUT2D eigenvalue weighted by atomic mass is 9.80. The zero-order valence-corrected chi connectivity index (χ0v) is 12.8. The van der Waals surface area contributed by atoms with Crippen LogP contribution in [0.4, 0.5) is 0 Å². The minimum Gasteiger partial charge on any atom is -0.481 e. The van der Waals surface area contributed by atoms with Gasteiger partial charge < -0.3 is 20.1 Å². The molecule has 118 valence electrons. The molecule has 2 aromatic rings. The van der Waals surface area contributed by atoms with E-state index in [0.29, 0.717) is 39.1 Å². The van der Waals surface area contributed by atoms with E-state index in [1.807, 2.05) is 6.07 Å². The Kier molecular flexibility index (Phi) is 4.18. The van der Waals surface area contributed by atoms with Crippen LogP contribution < -0.4 is 5.32 Å². The number of carboxylic acids is 1. The molecule has 0 aliphatic carbocycles. The second-order valence-electron chi connectivity index (χ2n) is 6.13. The SMILES string of the molecule is Cc1cccc2[nH]c(CNCC3(C(=O)O)CCOCC3)cc12. The number of H-pyrrole nitrogens is 1. The number of carboxylic acid groups (broad SMARTS) is 1. The number of carbonyl (C=O) groups is 1. The van der Waals surface area contributed by atoms with Crippen molar-refractivity contribution in [2.24, 2.45) is 5.41 Å². The number of aliphatic carboxylic acids is 1. The van der Waals surface area contributed by atoms with Crippen molar-refractivity contribution in [2.45, 2.75) is 26.3 Å². The predicted octanol–water partition coefficient (Wildman–Crippen LogP) is 2.45. The molecule has 0 spiro atoms. The van der Waals surface area contributed by atoms with Crippen molar-refractivity contribution >= 4 is 16.9 Å². The van der Waals surface area contributed by atoms with E-state index in [-0.39, 0.29) is 0 Å². The molecule has 0 radical (unpaired) electrons. The van der Waals surface area contributed by atoms with Crippen LogP contribution in [0.2, 0.25) is 0 Å². The summed E-state index contributed by atoms with van der Waals surface area (Å²) in [5.74, 6) is -0.726. The van der Waals surface area contributed by atoms with Gasteiger partial charge in [-0.25, -0.2) is 0 Å². The molecule has 0 bridgehead atoms. The van der Waals surface area contributed by atoms with E-state index >= 15 is 0 Å². The Balaban J connectivity index is 1.66. The van der Waals surface area contributed by atoms with Crippen LogP contribution in [0.15, 0.2) is 24.3 Å². The first-order valence-corrected chi connectivity index (χ1v) is 7.70. The molecule has 1 aliphatic rings. The number of rotatable bonds is 5. The van der Waals surface area contributed by atoms with Gasteiger partial charge in [0.25, 0.3) is 0 Å². The highest BCUT2D eigenvalue weighted by Crippen LogP contribution is 2.30. The van der Waals surface area contributed by atoms with E-state index in [1.165, 1.54) is 10.9 Å². The number of ether oxygens (including phenoxy) is 1. The van der Waals surface area contributed by atoms with E-state index in [9.17, 15) is 9.90 Å². The monoisotopic (exact) mass is 302 g/mol. The minimum atomic E-state index is -0.726. The van der Waals surface area contributed by atoms with Crippen LogP contribution >= 0.6 is 0 Å². The van der Waals surface area contributed by atoms with Crippen molar-refractivity contribution in [3.63, 3.8) is 0 Å². The van der Waals surface area contributed by atoms with Gasteiger partial charge in [0.1, 0.15) is 0 Å². The van der Waals surface area contributed by atoms with Gasteiger partial charge in [0, 0.05) is 42.9 Å². The first-order valence-electron chi connectivity index (χ1n) is 7.70. The Hall–Kier alpha value is -1.85. The van der Waals surface area contributed by atoms with E-state index in [2.05, 4.69) is 35.4 Å². The molecule has 3 rings (SSSR count). The van der Waals surface area contributed by atoms with Crippen molar-refractivity contribution in [3.05, 3.63) is 35.5 Å². The Morgan fingerprint density at radius 2 is 2.18 bits per heavy atom. The molecule has 2 heterocycles. The standard InChI is InChI=1S/C17H22N2O3/c1-12-3-2-4-15-14(12)9-13(19-15)10-18-11-17(16(20)21)5-7-22-8-6-17/h2-4,9,18-19H,5-8,10-11H2,1H3,(H,20,21). The fourth-order valence-corrected chi connectivity index (χ4v) is 3.12. The van der Waals surface area contributed by atoms with E-state index in [1.54, 1.807) is 0 Å². The number of aryl methyl sites for hydroxylation is 1. The van der Waals surface area contributed by atoms with E-state index < -0.39 is 11.4 Å². The van der Waals surface area contributed by atoms with Gasteiger partial charge in [-0.2, -0.15) is 0 Å². The maximum Gasteiger partial charge on any atom is 0.311 e. The Labute approximate surface area is 129 Å². The van der Waals surface area contributed by atoms with Crippen LogP contribution in [-0.4, -0.2) is 35.8 Å². The molecule has 1 saturated heterocycles. The highest BCUT2D eigenvalue weighted by Gasteiger charge is 2.39. The number of hydrogen-bond acceptors (Lipinski definition) is 3. The van der Waals surface area contributed by atoms with Crippen molar-refractivity contribution < 1.29 is 14.6 Å². The number of aromatic amines is 1. The summed E-state index contributed by atoms with van der Waals surface area (Å²) < 4.78 is 5.30. The number of fused-ring (bicyclic) bond motifs is 1. The molecule has 22 heavy (non-hydrogen) atoms. The fraction of sp³-hybridized carbons (Fsp3) is 0.471. The third-order valence-electron chi connectivity index (χ3n) is 4.62. The Bertz CT molecular complexity index is 672. The van der Waals surface area contributed by atoms with Gasteiger partial charge >= 0.3 is 5.97 Å². The van der Waals surface area contributed by atoms with Crippen LogP contribution in [0.1, 0.15) is 24.1 Å². The quantitative estimate of drug-likeness (QED) is 0.793. The molecule has 1 aromatic heterocycles. The van der Waals surface area contributed by atoms with Crippen LogP contribution in [0, 0.1) is 12.3 Å². The molecule has 0 unspecified atom stereocenters. The maximum absolute atomic E-state index is 11.6. The maximum atomic E-state index is 11.6. The lowest BCUT2D eigenvalue weighted by molar-refractivity contribution is -0.154. The summed E-state index contributed by atoms with van der Waals surface area (Å²) in [6.07, 6.45) is 1.14. The summed E-state index contributed by atoms with van der Waals surface area (Å²) in [6.45, 7) is 4.26. The zero-order chi connectivity index (χ0) is 15.6. The van der Waals surface area contributed by atoms with Gasteiger partial charge in [0.05, 0.1) is 5.41 Å². The van der Waals surface area contributed by atoms with Crippen molar-refractivity contribution in [2.75, 3.05) is 19.8 Å². The topological polar surface area (TPSA) is 74.4 Å². The number of benzene rings is 1. The van der Waals surface area contributed by atoms with Gasteiger partial charge in [-0.05, 0) is 37.5 Å². The summed E-state index contributed by atoms with van der Waals surface area (Å²) >= 11 is 0. The van der Waals surface area contributed by atoms with E-state index in [4.69, 9.17) is 4.74 Å². The smallest absolute Gasteiger partial charge is 0.311 e. The molecule has 5 heteroatoms. The van der Waals surface area contributed by atoms with E-state index in [0.717, 1.165) is 11.2 Å². The largest absolute Gasteiger partial charge is 0.481 e. The summed E-state index contributed by atoms with van der Waals surface area (Å²) in [4.78, 5) is 15.0. The summed E-state index contributed by atoms with van der Waals surface area (Å²) in [5.41, 5.74) is 2.75. The molecule has 3 N–H and O–H groups in total. The third kappa shape index (κ3) is 2.87. The average molecular weight is 302 g/mol. The highest BCUT2D eigenvalue weighted by atomic mass is 16.5. The minimum absolute atomic E-state index is 0.472. The predicted molar refractivity (Wildman–Crippen MR) is 84.9 cm³/mol. The summed E-state index contributed by atoms with van der Waals surface area (Å²) in [5, 5.41) is 14.1. The first kappa shape index (κ1) is 15.1. The van der Waals surface area contributed by atoms with Crippen LogP contribution in [-0.2, 0) is 16.1 Å². The van der Waals surface area contributed by atoms with Crippen LogP contribution in [0.25, 0.3) is 10.9 Å².